The number of anilines is 2. The Morgan fingerprint density at radius 2 is 1.77 bits per heavy atom. The Kier molecular flexibility index (Phi) is 5.45. The van der Waals surface area contributed by atoms with E-state index in [9.17, 15) is 0 Å². The molecule has 22 heavy (non-hydrogen) atoms. The van der Waals surface area contributed by atoms with Gasteiger partial charge in [0.25, 0.3) is 0 Å². The molecule has 4 N–H and O–H groups in total. The molecule has 0 spiro atoms. The predicted octanol–water partition coefficient (Wildman–Crippen LogP) is 0.896. The van der Waals surface area contributed by atoms with Crippen molar-refractivity contribution < 1.29 is 15.4 Å². The molecule has 3 rings (SSSR count). The Hall–Kier alpha value is -2.45. The summed E-state index contributed by atoms with van der Waals surface area (Å²) in [5, 5.41) is 9.14. The molecule has 0 aromatic carbocycles. The maximum atomic E-state index is 9.14. The van der Waals surface area contributed by atoms with Crippen molar-refractivity contribution in [3.05, 3.63) is 36.8 Å². The van der Waals surface area contributed by atoms with Gasteiger partial charge in [-0.2, -0.15) is 0 Å². The van der Waals surface area contributed by atoms with Crippen LogP contribution in [0.4, 0.5) is 11.5 Å². The second-order valence-electron chi connectivity index (χ2n) is 4.82. The van der Waals surface area contributed by atoms with Crippen LogP contribution in [0.1, 0.15) is 12.8 Å². The van der Waals surface area contributed by atoms with E-state index < -0.39 is 0 Å². The van der Waals surface area contributed by atoms with Gasteiger partial charge in [0, 0.05) is 44.5 Å². The van der Waals surface area contributed by atoms with Gasteiger partial charge in [-0.15, -0.1) is 0 Å². The first-order valence-corrected chi connectivity index (χ1v) is 6.90. The topological polar surface area (TPSA) is 115 Å². The third kappa shape index (κ3) is 3.60. The molecule has 0 atom stereocenters. The van der Waals surface area contributed by atoms with Gasteiger partial charge in [-0.3, -0.25) is 10.7 Å². The Morgan fingerprint density at radius 1 is 1.09 bits per heavy atom. The number of aromatic nitrogens is 3. The fraction of sp³-hybridized carbons (Fsp3) is 0.357. The smallest absolute Gasteiger partial charge is 0.316 e. The van der Waals surface area contributed by atoms with Gasteiger partial charge >= 0.3 is 6.01 Å². The molecule has 8 heteroatoms. The summed E-state index contributed by atoms with van der Waals surface area (Å²) in [6, 6.07) is 5.76. The number of hydrogen-bond acceptors (Lipinski definition) is 7. The third-order valence-electron chi connectivity index (χ3n) is 3.46. The highest BCUT2D eigenvalue weighted by molar-refractivity contribution is 5.64. The molecule has 8 nitrogen and oxygen atoms in total. The first-order valence-electron chi connectivity index (χ1n) is 6.90. The van der Waals surface area contributed by atoms with Crippen LogP contribution < -0.4 is 15.1 Å². The van der Waals surface area contributed by atoms with Crippen molar-refractivity contribution in [3.8, 4) is 6.01 Å². The van der Waals surface area contributed by atoms with Gasteiger partial charge in [0.05, 0.1) is 0 Å². The molecule has 1 saturated heterocycles. The Labute approximate surface area is 128 Å². The van der Waals surface area contributed by atoms with Crippen LogP contribution in [0.25, 0.3) is 0 Å². The van der Waals surface area contributed by atoms with Crippen molar-refractivity contribution in [2.45, 2.75) is 18.9 Å². The van der Waals surface area contributed by atoms with E-state index in [1.54, 1.807) is 36.8 Å². The average Bonchev–Trinajstić information content (AvgIpc) is 2.56. The molecule has 0 amide bonds. The number of ether oxygens (including phenoxy) is 1. The van der Waals surface area contributed by atoms with E-state index in [1.165, 1.54) is 0 Å². The van der Waals surface area contributed by atoms with Gasteiger partial charge in [0.2, 0.25) is 0 Å². The van der Waals surface area contributed by atoms with Crippen LogP contribution in [0.15, 0.2) is 36.8 Å². The van der Waals surface area contributed by atoms with Crippen LogP contribution in [0.3, 0.4) is 0 Å². The summed E-state index contributed by atoms with van der Waals surface area (Å²) >= 11 is 0. The third-order valence-corrected chi connectivity index (χ3v) is 3.46. The normalized spacial score (nSPS) is 15.0. The molecule has 0 radical (unpaired) electrons. The van der Waals surface area contributed by atoms with E-state index in [0.29, 0.717) is 11.7 Å². The maximum absolute atomic E-state index is 9.14. The quantitative estimate of drug-likeness (QED) is 0.806. The number of rotatable bonds is 4. The number of pyridine rings is 1. The SMILES string of the molecule is O.ONc1cccnc1N1CCC(Oc2ncccn2)CC1. The van der Waals surface area contributed by atoms with Gasteiger partial charge in [-0.05, 0) is 18.2 Å². The largest absolute Gasteiger partial charge is 0.460 e. The molecule has 2 aromatic heterocycles. The van der Waals surface area contributed by atoms with E-state index >= 15 is 0 Å². The molecule has 1 fully saturated rings. The first kappa shape index (κ1) is 15.9. The second-order valence-corrected chi connectivity index (χ2v) is 4.82. The number of hydrogen-bond donors (Lipinski definition) is 2. The van der Waals surface area contributed by atoms with Gasteiger partial charge in [0.15, 0.2) is 5.82 Å². The van der Waals surface area contributed by atoms with Crippen LogP contribution in [-0.4, -0.2) is 44.8 Å². The molecule has 0 aliphatic carbocycles. The van der Waals surface area contributed by atoms with E-state index in [2.05, 4.69) is 25.3 Å². The minimum Gasteiger partial charge on any atom is -0.460 e. The zero-order chi connectivity index (χ0) is 14.5. The molecule has 3 heterocycles. The van der Waals surface area contributed by atoms with Crippen molar-refractivity contribution in [1.29, 1.82) is 0 Å². The monoisotopic (exact) mass is 305 g/mol. The van der Waals surface area contributed by atoms with Crippen LogP contribution in [-0.2, 0) is 0 Å². The van der Waals surface area contributed by atoms with Gasteiger partial charge in [-0.25, -0.2) is 15.0 Å². The molecule has 1 aliphatic rings. The lowest BCUT2D eigenvalue weighted by Gasteiger charge is -2.33. The van der Waals surface area contributed by atoms with E-state index in [-0.39, 0.29) is 11.6 Å². The van der Waals surface area contributed by atoms with Crippen LogP contribution in [0.2, 0.25) is 0 Å². The standard InChI is InChI=1S/C14H17N5O2.H2O/c20-18-12-3-1-6-15-13(12)19-9-4-11(5-10-19)21-14-16-7-2-8-17-14;/h1-3,6-8,11,18,20H,4-5,9-10H2;1H2. The summed E-state index contributed by atoms with van der Waals surface area (Å²) in [7, 11) is 0. The zero-order valence-corrected chi connectivity index (χ0v) is 12.0. The lowest BCUT2D eigenvalue weighted by Crippen LogP contribution is -2.39. The highest BCUT2D eigenvalue weighted by Gasteiger charge is 2.23. The highest BCUT2D eigenvalue weighted by Crippen LogP contribution is 2.26. The minimum absolute atomic E-state index is 0. The lowest BCUT2D eigenvalue weighted by atomic mass is 10.1. The molecular formula is C14H19N5O3. The molecule has 2 aromatic rings. The van der Waals surface area contributed by atoms with Crippen molar-refractivity contribution >= 4 is 11.5 Å². The molecule has 1 aliphatic heterocycles. The van der Waals surface area contributed by atoms with Gasteiger partial charge < -0.3 is 15.1 Å². The van der Waals surface area contributed by atoms with E-state index in [4.69, 9.17) is 9.94 Å². The average molecular weight is 305 g/mol. The molecule has 0 unspecified atom stereocenters. The highest BCUT2D eigenvalue weighted by atomic mass is 16.5. The molecule has 0 saturated carbocycles. The van der Waals surface area contributed by atoms with E-state index in [1.807, 2.05) is 0 Å². The predicted molar refractivity (Wildman–Crippen MR) is 81.2 cm³/mol. The summed E-state index contributed by atoms with van der Waals surface area (Å²) in [6.45, 7) is 1.62. The number of piperidine rings is 1. The first-order chi connectivity index (χ1) is 10.4. The summed E-state index contributed by atoms with van der Waals surface area (Å²) in [6.07, 6.45) is 6.89. The van der Waals surface area contributed by atoms with Crippen LogP contribution in [0.5, 0.6) is 6.01 Å². The van der Waals surface area contributed by atoms with Crippen molar-refractivity contribution in [1.82, 2.24) is 15.0 Å². The van der Waals surface area contributed by atoms with Crippen LogP contribution >= 0.6 is 0 Å². The maximum Gasteiger partial charge on any atom is 0.316 e. The lowest BCUT2D eigenvalue weighted by molar-refractivity contribution is 0.156. The van der Waals surface area contributed by atoms with E-state index in [0.717, 1.165) is 31.7 Å². The van der Waals surface area contributed by atoms with Crippen molar-refractivity contribution in [3.63, 3.8) is 0 Å². The van der Waals surface area contributed by atoms with Crippen molar-refractivity contribution in [2.24, 2.45) is 0 Å². The fourth-order valence-corrected chi connectivity index (χ4v) is 2.42. The van der Waals surface area contributed by atoms with Crippen molar-refractivity contribution in [2.75, 3.05) is 23.5 Å². The van der Waals surface area contributed by atoms with Gasteiger partial charge in [-0.1, -0.05) is 0 Å². The Balaban J connectivity index is 0.00000176. The molecular weight excluding hydrogens is 286 g/mol. The number of nitrogens with zero attached hydrogens (tertiary/aromatic N) is 4. The zero-order valence-electron chi connectivity index (χ0n) is 12.0. The minimum atomic E-state index is 0. The van der Waals surface area contributed by atoms with Gasteiger partial charge in [0.1, 0.15) is 11.8 Å². The molecule has 0 bridgehead atoms. The summed E-state index contributed by atoms with van der Waals surface area (Å²) in [5.74, 6) is 0.759. The second kappa shape index (κ2) is 7.53. The summed E-state index contributed by atoms with van der Waals surface area (Å²) in [4.78, 5) is 14.6. The fourth-order valence-electron chi connectivity index (χ4n) is 2.42. The summed E-state index contributed by atoms with van der Waals surface area (Å²) in [5.41, 5.74) is 2.80. The van der Waals surface area contributed by atoms with Crippen LogP contribution in [0, 0.1) is 0 Å². The Morgan fingerprint density at radius 3 is 2.45 bits per heavy atom. The molecule has 118 valence electrons. The number of nitrogens with one attached hydrogen (secondary N) is 1. The summed E-state index contributed by atoms with van der Waals surface area (Å²) < 4.78 is 5.76. The Bertz CT molecular complexity index is 576.